The highest BCUT2D eigenvalue weighted by Gasteiger charge is 2.31. The molecule has 1 aromatic carbocycles. The molecular formula is C15H19N3O3S. The van der Waals surface area contributed by atoms with Crippen molar-refractivity contribution in [3.63, 3.8) is 0 Å². The van der Waals surface area contributed by atoms with Crippen molar-refractivity contribution in [3.8, 4) is 5.75 Å². The van der Waals surface area contributed by atoms with Crippen LogP contribution >= 0.6 is 0 Å². The van der Waals surface area contributed by atoms with Crippen LogP contribution in [0.1, 0.15) is 30.8 Å². The summed E-state index contributed by atoms with van der Waals surface area (Å²) in [5.41, 5.74) is 2.42. The normalized spacial score (nSPS) is 16.2. The SMILES string of the molecule is Cc1n[nH]c(C)c1NS(=O)(=O)c1ccc2c(c1)CC(C)(C)O2. The summed E-state index contributed by atoms with van der Waals surface area (Å²) in [6.07, 6.45) is 0.690. The maximum atomic E-state index is 12.6. The fourth-order valence-electron chi connectivity index (χ4n) is 2.65. The van der Waals surface area contributed by atoms with Gasteiger partial charge in [-0.05, 0) is 51.5 Å². The van der Waals surface area contributed by atoms with Gasteiger partial charge in [0, 0.05) is 6.42 Å². The van der Waals surface area contributed by atoms with Gasteiger partial charge in [-0.2, -0.15) is 5.10 Å². The Kier molecular flexibility index (Phi) is 3.21. The van der Waals surface area contributed by atoms with Crippen LogP contribution in [0.2, 0.25) is 0 Å². The summed E-state index contributed by atoms with van der Waals surface area (Å²) in [6, 6.07) is 4.96. The van der Waals surface area contributed by atoms with Gasteiger partial charge in [0.15, 0.2) is 0 Å². The minimum Gasteiger partial charge on any atom is -0.487 e. The Bertz CT molecular complexity index is 818. The van der Waals surface area contributed by atoms with Gasteiger partial charge in [-0.25, -0.2) is 8.42 Å². The first-order valence-electron chi connectivity index (χ1n) is 7.04. The molecular weight excluding hydrogens is 302 g/mol. The third kappa shape index (κ3) is 2.56. The summed E-state index contributed by atoms with van der Waals surface area (Å²) in [7, 11) is -3.65. The average Bonchev–Trinajstić information content (AvgIpc) is 2.89. The molecule has 0 fully saturated rings. The molecule has 1 aliphatic rings. The van der Waals surface area contributed by atoms with Crippen molar-refractivity contribution in [2.45, 2.75) is 44.6 Å². The highest BCUT2D eigenvalue weighted by atomic mass is 32.2. The van der Waals surface area contributed by atoms with Crippen LogP contribution in [-0.2, 0) is 16.4 Å². The minimum absolute atomic E-state index is 0.229. The Morgan fingerprint density at radius 1 is 1.32 bits per heavy atom. The van der Waals surface area contributed by atoms with Gasteiger partial charge in [-0.3, -0.25) is 9.82 Å². The number of hydrogen-bond acceptors (Lipinski definition) is 4. The summed E-state index contributed by atoms with van der Waals surface area (Å²) < 4.78 is 33.5. The van der Waals surface area contributed by atoms with Crippen molar-refractivity contribution in [2.75, 3.05) is 4.72 Å². The molecule has 0 bridgehead atoms. The summed E-state index contributed by atoms with van der Waals surface area (Å²) >= 11 is 0. The molecule has 2 N–H and O–H groups in total. The van der Waals surface area contributed by atoms with E-state index in [0.717, 1.165) is 11.3 Å². The largest absolute Gasteiger partial charge is 0.487 e. The molecule has 22 heavy (non-hydrogen) atoms. The number of anilines is 1. The molecule has 118 valence electrons. The third-order valence-corrected chi connectivity index (χ3v) is 5.06. The number of fused-ring (bicyclic) bond motifs is 1. The lowest BCUT2D eigenvalue weighted by Crippen LogP contribution is -2.24. The van der Waals surface area contributed by atoms with E-state index in [1.807, 2.05) is 13.8 Å². The number of nitrogens with zero attached hydrogens (tertiary/aromatic N) is 1. The van der Waals surface area contributed by atoms with Gasteiger partial charge in [-0.1, -0.05) is 0 Å². The Hall–Kier alpha value is -2.02. The second kappa shape index (κ2) is 4.74. The first kappa shape index (κ1) is 14.9. The minimum atomic E-state index is -3.65. The number of aromatic nitrogens is 2. The molecule has 0 saturated carbocycles. The van der Waals surface area contributed by atoms with E-state index in [4.69, 9.17) is 4.74 Å². The molecule has 1 aliphatic heterocycles. The number of H-pyrrole nitrogens is 1. The number of nitrogens with one attached hydrogen (secondary N) is 2. The smallest absolute Gasteiger partial charge is 0.262 e. The van der Waals surface area contributed by atoms with Gasteiger partial charge >= 0.3 is 0 Å². The molecule has 2 heterocycles. The molecule has 0 amide bonds. The summed E-state index contributed by atoms with van der Waals surface area (Å²) in [5.74, 6) is 0.750. The highest BCUT2D eigenvalue weighted by Crippen LogP contribution is 2.36. The molecule has 6 nitrogen and oxygen atoms in total. The predicted molar refractivity (Wildman–Crippen MR) is 83.7 cm³/mol. The Morgan fingerprint density at radius 2 is 2.05 bits per heavy atom. The van der Waals surface area contributed by atoms with Crippen molar-refractivity contribution < 1.29 is 13.2 Å². The van der Waals surface area contributed by atoms with Crippen molar-refractivity contribution >= 4 is 15.7 Å². The molecule has 0 spiro atoms. The quantitative estimate of drug-likeness (QED) is 0.910. The summed E-state index contributed by atoms with van der Waals surface area (Å²) in [5, 5.41) is 6.77. The van der Waals surface area contributed by atoms with E-state index < -0.39 is 10.0 Å². The molecule has 0 saturated heterocycles. The number of rotatable bonds is 3. The van der Waals surface area contributed by atoms with Crippen molar-refractivity contribution in [1.29, 1.82) is 0 Å². The topological polar surface area (TPSA) is 84.1 Å². The number of aryl methyl sites for hydroxylation is 2. The molecule has 3 rings (SSSR count). The molecule has 1 aromatic heterocycles. The zero-order valence-corrected chi connectivity index (χ0v) is 13.8. The van der Waals surface area contributed by atoms with Crippen LogP contribution in [0.25, 0.3) is 0 Å². The number of hydrogen-bond donors (Lipinski definition) is 2. The van der Waals surface area contributed by atoms with E-state index in [1.54, 1.807) is 32.0 Å². The second-order valence-corrected chi connectivity index (χ2v) is 7.90. The molecule has 2 aromatic rings. The fourth-order valence-corrected chi connectivity index (χ4v) is 3.88. The lowest BCUT2D eigenvalue weighted by molar-refractivity contribution is 0.138. The monoisotopic (exact) mass is 321 g/mol. The third-order valence-electron chi connectivity index (χ3n) is 3.71. The van der Waals surface area contributed by atoms with Gasteiger partial charge in [-0.15, -0.1) is 0 Å². The molecule has 0 radical (unpaired) electrons. The second-order valence-electron chi connectivity index (χ2n) is 6.22. The first-order valence-corrected chi connectivity index (χ1v) is 8.53. The van der Waals surface area contributed by atoms with Crippen LogP contribution in [0.15, 0.2) is 23.1 Å². The number of benzene rings is 1. The van der Waals surface area contributed by atoms with Crippen LogP contribution in [0.3, 0.4) is 0 Å². The molecule has 0 atom stereocenters. The average molecular weight is 321 g/mol. The van der Waals surface area contributed by atoms with Crippen LogP contribution < -0.4 is 9.46 Å². The van der Waals surface area contributed by atoms with E-state index in [9.17, 15) is 8.42 Å². The van der Waals surface area contributed by atoms with Crippen LogP contribution in [0.4, 0.5) is 5.69 Å². The number of ether oxygens (including phenoxy) is 1. The van der Waals surface area contributed by atoms with Crippen molar-refractivity contribution in [1.82, 2.24) is 10.2 Å². The Morgan fingerprint density at radius 3 is 2.68 bits per heavy atom. The van der Waals surface area contributed by atoms with E-state index >= 15 is 0 Å². The van der Waals surface area contributed by atoms with E-state index in [2.05, 4.69) is 14.9 Å². The van der Waals surface area contributed by atoms with E-state index in [1.165, 1.54) is 0 Å². The van der Waals surface area contributed by atoms with E-state index in [0.29, 0.717) is 23.5 Å². The first-order chi connectivity index (χ1) is 10.2. The van der Waals surface area contributed by atoms with Gasteiger partial charge in [0.2, 0.25) is 0 Å². The van der Waals surface area contributed by atoms with Gasteiger partial charge in [0.05, 0.1) is 22.0 Å². The van der Waals surface area contributed by atoms with Gasteiger partial charge in [0.25, 0.3) is 10.0 Å². The Labute approximate surface area is 129 Å². The predicted octanol–water partition coefficient (Wildman–Crippen LogP) is 2.54. The van der Waals surface area contributed by atoms with Crippen LogP contribution in [0, 0.1) is 13.8 Å². The lowest BCUT2D eigenvalue weighted by atomic mass is 10.0. The zero-order valence-electron chi connectivity index (χ0n) is 13.0. The number of sulfonamides is 1. The van der Waals surface area contributed by atoms with Crippen LogP contribution in [-0.4, -0.2) is 24.2 Å². The van der Waals surface area contributed by atoms with Crippen molar-refractivity contribution in [2.24, 2.45) is 0 Å². The van der Waals surface area contributed by atoms with Crippen molar-refractivity contribution in [3.05, 3.63) is 35.2 Å². The van der Waals surface area contributed by atoms with E-state index in [-0.39, 0.29) is 10.5 Å². The fraction of sp³-hybridized carbons (Fsp3) is 0.400. The molecule has 7 heteroatoms. The van der Waals surface area contributed by atoms with Gasteiger partial charge in [0.1, 0.15) is 11.4 Å². The maximum absolute atomic E-state index is 12.6. The maximum Gasteiger partial charge on any atom is 0.262 e. The summed E-state index contributed by atoms with van der Waals surface area (Å²) in [6.45, 7) is 7.49. The number of aromatic amines is 1. The highest BCUT2D eigenvalue weighted by molar-refractivity contribution is 7.92. The standard InChI is InChI=1S/C15H19N3O3S/c1-9-14(10(2)17-16-9)18-22(19,20)12-5-6-13-11(7-12)8-15(3,4)21-13/h5-7,18H,8H2,1-4H3,(H,16,17). The van der Waals surface area contributed by atoms with Gasteiger partial charge < -0.3 is 4.74 Å². The van der Waals surface area contributed by atoms with Crippen LogP contribution in [0.5, 0.6) is 5.75 Å². The zero-order chi connectivity index (χ0) is 16.1. The summed E-state index contributed by atoms with van der Waals surface area (Å²) in [4.78, 5) is 0.229. The lowest BCUT2D eigenvalue weighted by Gasteiger charge is -2.16. The molecule has 0 aliphatic carbocycles. The Balaban J connectivity index is 1.95. The molecule has 0 unspecified atom stereocenters.